The van der Waals surface area contributed by atoms with Crippen LogP contribution in [0.4, 0.5) is 0 Å². The van der Waals surface area contributed by atoms with Crippen molar-refractivity contribution in [2.24, 2.45) is 10.9 Å². The molecule has 22 heavy (non-hydrogen) atoms. The Hall–Kier alpha value is -1.31. The van der Waals surface area contributed by atoms with Crippen LogP contribution in [-0.2, 0) is 6.42 Å². The molecule has 122 valence electrons. The van der Waals surface area contributed by atoms with Crippen LogP contribution in [0.2, 0.25) is 0 Å². The molecule has 0 spiro atoms. The fraction of sp³-hybridized carbons (Fsp3) is 0.500. The van der Waals surface area contributed by atoms with Gasteiger partial charge in [-0.3, -0.25) is 4.99 Å². The molecule has 0 amide bonds. The second-order valence-electron chi connectivity index (χ2n) is 5.56. The zero-order valence-electron chi connectivity index (χ0n) is 13.5. The third kappa shape index (κ3) is 5.82. The highest BCUT2D eigenvalue weighted by molar-refractivity contribution is 14.0. The predicted molar refractivity (Wildman–Crippen MR) is 104 cm³/mol. The van der Waals surface area contributed by atoms with E-state index in [-0.39, 0.29) is 24.0 Å². The van der Waals surface area contributed by atoms with Gasteiger partial charge < -0.3 is 15.6 Å². The number of aromatic amines is 1. The minimum atomic E-state index is 0. The average Bonchev–Trinajstić information content (AvgIpc) is 2.88. The van der Waals surface area contributed by atoms with E-state index in [1.807, 2.05) is 24.3 Å². The van der Waals surface area contributed by atoms with Gasteiger partial charge in [-0.15, -0.1) is 24.0 Å². The first-order chi connectivity index (χ1) is 10.2. The Kier molecular flexibility index (Phi) is 8.22. The molecule has 0 unspecified atom stereocenters. The summed E-state index contributed by atoms with van der Waals surface area (Å²) in [5.41, 5.74) is 2.11. The van der Waals surface area contributed by atoms with Gasteiger partial charge in [0, 0.05) is 26.6 Å². The number of H-pyrrole nitrogens is 1. The van der Waals surface area contributed by atoms with Crippen molar-refractivity contribution in [2.75, 3.05) is 20.1 Å². The summed E-state index contributed by atoms with van der Waals surface area (Å²) in [5, 5.41) is 6.64. The van der Waals surface area contributed by atoms with Gasteiger partial charge in [0.2, 0.25) is 0 Å². The van der Waals surface area contributed by atoms with Crippen LogP contribution >= 0.6 is 24.0 Å². The van der Waals surface area contributed by atoms with Crippen LogP contribution in [0.3, 0.4) is 0 Å². The van der Waals surface area contributed by atoms with Crippen molar-refractivity contribution in [3.8, 4) is 0 Å². The van der Waals surface area contributed by atoms with Crippen molar-refractivity contribution >= 4 is 41.0 Å². The topological polar surface area (TPSA) is 65.1 Å². The van der Waals surface area contributed by atoms with Gasteiger partial charge in [-0.1, -0.05) is 26.0 Å². The van der Waals surface area contributed by atoms with Gasteiger partial charge in [-0.05, 0) is 24.5 Å². The summed E-state index contributed by atoms with van der Waals surface area (Å²) in [6.45, 7) is 6.20. The number of benzene rings is 1. The Morgan fingerprint density at radius 3 is 2.64 bits per heavy atom. The molecule has 1 aromatic heterocycles. The van der Waals surface area contributed by atoms with Gasteiger partial charge in [0.05, 0.1) is 11.0 Å². The van der Waals surface area contributed by atoms with Crippen LogP contribution in [0.15, 0.2) is 29.3 Å². The first-order valence-electron chi connectivity index (χ1n) is 7.57. The van der Waals surface area contributed by atoms with Crippen molar-refractivity contribution in [3.63, 3.8) is 0 Å². The molecule has 1 heterocycles. The van der Waals surface area contributed by atoms with Crippen molar-refractivity contribution < 1.29 is 0 Å². The van der Waals surface area contributed by atoms with Crippen LogP contribution < -0.4 is 10.6 Å². The lowest BCUT2D eigenvalue weighted by Gasteiger charge is -2.12. The van der Waals surface area contributed by atoms with Crippen molar-refractivity contribution in [3.05, 3.63) is 30.1 Å². The molecular weight excluding hydrogens is 389 g/mol. The lowest BCUT2D eigenvalue weighted by atomic mass is 10.1. The molecule has 0 bridgehead atoms. The standard InChI is InChI=1S/C16H25N5.HI/c1-12(2)8-10-18-16(17-3)19-11-9-15-20-13-6-4-5-7-14(13)21-15;/h4-7,12H,8-11H2,1-3H3,(H,20,21)(H2,17,18,19);1H. The maximum absolute atomic E-state index is 4.56. The van der Waals surface area contributed by atoms with Crippen molar-refractivity contribution in [1.82, 2.24) is 20.6 Å². The summed E-state index contributed by atoms with van der Waals surface area (Å²) in [7, 11) is 1.80. The second-order valence-corrected chi connectivity index (χ2v) is 5.56. The van der Waals surface area contributed by atoms with E-state index in [0.29, 0.717) is 5.92 Å². The van der Waals surface area contributed by atoms with Gasteiger partial charge in [-0.25, -0.2) is 4.98 Å². The minimum absolute atomic E-state index is 0. The van der Waals surface area contributed by atoms with E-state index < -0.39 is 0 Å². The minimum Gasteiger partial charge on any atom is -0.356 e. The highest BCUT2D eigenvalue weighted by atomic mass is 127. The van der Waals surface area contributed by atoms with E-state index in [2.05, 4.69) is 39.4 Å². The number of nitrogens with zero attached hydrogens (tertiary/aromatic N) is 2. The Bertz CT molecular complexity index is 558. The van der Waals surface area contributed by atoms with Gasteiger partial charge in [-0.2, -0.15) is 0 Å². The summed E-state index contributed by atoms with van der Waals surface area (Å²) >= 11 is 0. The fourth-order valence-corrected chi connectivity index (χ4v) is 2.12. The number of aromatic nitrogens is 2. The van der Waals surface area contributed by atoms with Gasteiger partial charge >= 0.3 is 0 Å². The lowest BCUT2D eigenvalue weighted by Crippen LogP contribution is -2.39. The van der Waals surface area contributed by atoms with E-state index in [9.17, 15) is 0 Å². The first kappa shape index (κ1) is 18.7. The van der Waals surface area contributed by atoms with Gasteiger partial charge in [0.25, 0.3) is 0 Å². The zero-order valence-corrected chi connectivity index (χ0v) is 15.8. The van der Waals surface area contributed by atoms with Gasteiger partial charge in [0.1, 0.15) is 5.82 Å². The Morgan fingerprint density at radius 1 is 1.23 bits per heavy atom. The third-order valence-electron chi connectivity index (χ3n) is 3.33. The maximum Gasteiger partial charge on any atom is 0.190 e. The predicted octanol–water partition coefficient (Wildman–Crippen LogP) is 2.93. The summed E-state index contributed by atoms with van der Waals surface area (Å²) in [4.78, 5) is 12.1. The molecule has 0 radical (unpaired) electrons. The summed E-state index contributed by atoms with van der Waals surface area (Å²) in [6.07, 6.45) is 1.99. The number of halogens is 1. The van der Waals surface area contributed by atoms with E-state index in [0.717, 1.165) is 48.7 Å². The van der Waals surface area contributed by atoms with Crippen molar-refractivity contribution in [1.29, 1.82) is 0 Å². The highest BCUT2D eigenvalue weighted by Crippen LogP contribution is 2.10. The monoisotopic (exact) mass is 415 g/mol. The molecule has 5 nitrogen and oxygen atoms in total. The van der Waals surface area contributed by atoms with Gasteiger partial charge in [0.15, 0.2) is 5.96 Å². The van der Waals surface area contributed by atoms with Crippen LogP contribution in [0.5, 0.6) is 0 Å². The van der Waals surface area contributed by atoms with Crippen LogP contribution in [0.25, 0.3) is 11.0 Å². The molecule has 0 atom stereocenters. The number of hydrogen-bond acceptors (Lipinski definition) is 2. The number of guanidine groups is 1. The number of para-hydroxylation sites is 2. The van der Waals surface area contributed by atoms with Crippen LogP contribution in [0, 0.1) is 5.92 Å². The molecule has 0 aliphatic rings. The molecule has 0 aliphatic heterocycles. The lowest BCUT2D eigenvalue weighted by molar-refractivity contribution is 0.573. The molecule has 1 aromatic carbocycles. The number of nitrogens with one attached hydrogen (secondary N) is 3. The highest BCUT2D eigenvalue weighted by Gasteiger charge is 2.03. The molecule has 0 aliphatic carbocycles. The van der Waals surface area contributed by atoms with E-state index in [1.165, 1.54) is 0 Å². The smallest absolute Gasteiger partial charge is 0.190 e. The fourth-order valence-electron chi connectivity index (χ4n) is 2.12. The van der Waals surface area contributed by atoms with Crippen LogP contribution in [0.1, 0.15) is 26.1 Å². The third-order valence-corrected chi connectivity index (χ3v) is 3.33. The number of rotatable bonds is 6. The maximum atomic E-state index is 4.56. The number of imidazole rings is 1. The number of aliphatic imine (C=N–C) groups is 1. The zero-order chi connectivity index (χ0) is 15.1. The largest absolute Gasteiger partial charge is 0.356 e. The molecule has 2 rings (SSSR count). The molecule has 0 saturated heterocycles. The molecule has 0 fully saturated rings. The molecule has 3 N–H and O–H groups in total. The molecule has 6 heteroatoms. The van der Waals surface area contributed by atoms with E-state index >= 15 is 0 Å². The Balaban J connectivity index is 0.00000242. The van der Waals surface area contributed by atoms with Crippen molar-refractivity contribution in [2.45, 2.75) is 26.7 Å². The van der Waals surface area contributed by atoms with E-state index in [1.54, 1.807) is 7.05 Å². The van der Waals surface area contributed by atoms with E-state index in [4.69, 9.17) is 0 Å². The average molecular weight is 415 g/mol. The summed E-state index contributed by atoms with van der Waals surface area (Å²) in [6, 6.07) is 8.09. The Morgan fingerprint density at radius 2 is 1.95 bits per heavy atom. The second kappa shape index (κ2) is 9.66. The first-order valence-corrected chi connectivity index (χ1v) is 7.57. The quantitative estimate of drug-likeness (QED) is 0.386. The molecule has 2 aromatic rings. The molecule has 0 saturated carbocycles. The Labute approximate surface area is 149 Å². The normalized spacial score (nSPS) is 11.5. The number of hydrogen-bond donors (Lipinski definition) is 3. The molecular formula is C16H26IN5. The summed E-state index contributed by atoms with van der Waals surface area (Å²) in [5.74, 6) is 2.55. The van der Waals surface area contributed by atoms with Crippen LogP contribution in [-0.4, -0.2) is 36.1 Å². The number of fused-ring (bicyclic) bond motifs is 1. The summed E-state index contributed by atoms with van der Waals surface area (Å²) < 4.78 is 0. The SMILES string of the molecule is CN=C(NCCc1nc2ccccc2[nH]1)NCCC(C)C.I.